The Morgan fingerprint density at radius 2 is 2.00 bits per heavy atom. The lowest BCUT2D eigenvalue weighted by Crippen LogP contribution is -2.30. The van der Waals surface area contributed by atoms with Gasteiger partial charge in [-0.05, 0) is 12.5 Å². The van der Waals surface area contributed by atoms with Gasteiger partial charge >= 0.3 is 0 Å². The third kappa shape index (κ3) is 4.42. The minimum Gasteiger partial charge on any atom is -0.385 e. The lowest BCUT2D eigenvalue weighted by Gasteiger charge is -2.21. The zero-order valence-electron chi connectivity index (χ0n) is 12.8. The Kier molecular flexibility index (Phi) is 6.10. The van der Waals surface area contributed by atoms with Crippen LogP contribution >= 0.6 is 0 Å². The molecule has 1 aromatic carbocycles. The van der Waals surface area contributed by atoms with Gasteiger partial charge in [0.25, 0.3) is 11.6 Å². The van der Waals surface area contributed by atoms with Crippen molar-refractivity contribution >= 4 is 17.3 Å². The molecule has 1 amide bonds. The summed E-state index contributed by atoms with van der Waals surface area (Å²) in [5.74, 6) is -0.237. The monoisotopic (exact) mass is 295 g/mol. The Hall–Kier alpha value is -2.15. The van der Waals surface area contributed by atoms with Crippen molar-refractivity contribution < 1.29 is 14.5 Å². The summed E-state index contributed by atoms with van der Waals surface area (Å²) < 4.78 is 4.95. The van der Waals surface area contributed by atoms with Crippen LogP contribution in [0.3, 0.4) is 0 Å². The number of carbonyl (C=O) groups is 1. The van der Waals surface area contributed by atoms with Crippen LogP contribution in [0.2, 0.25) is 0 Å². The molecule has 0 aliphatic carbocycles. The second-order valence-electron chi connectivity index (χ2n) is 4.93. The Morgan fingerprint density at radius 3 is 2.52 bits per heavy atom. The number of nitro benzene ring substituents is 1. The van der Waals surface area contributed by atoms with Gasteiger partial charge in [0, 0.05) is 59.2 Å². The van der Waals surface area contributed by atoms with Gasteiger partial charge in [0.05, 0.1) is 10.5 Å². The predicted molar refractivity (Wildman–Crippen MR) is 80.9 cm³/mol. The molecule has 7 heteroatoms. The molecule has 1 rings (SSSR count). The number of hydrogen-bond donors (Lipinski definition) is 0. The number of non-ortho nitro benzene ring substituents is 1. The van der Waals surface area contributed by atoms with E-state index in [-0.39, 0.29) is 11.6 Å². The first-order chi connectivity index (χ1) is 9.88. The fourth-order valence-electron chi connectivity index (χ4n) is 1.95. The van der Waals surface area contributed by atoms with Crippen molar-refractivity contribution in [3.05, 3.63) is 33.9 Å². The number of rotatable bonds is 7. The van der Waals surface area contributed by atoms with Crippen molar-refractivity contribution in [2.45, 2.75) is 6.42 Å². The highest BCUT2D eigenvalue weighted by Gasteiger charge is 2.20. The average Bonchev–Trinajstić information content (AvgIpc) is 2.45. The van der Waals surface area contributed by atoms with E-state index < -0.39 is 4.92 Å². The Labute approximate surface area is 124 Å². The topological polar surface area (TPSA) is 75.9 Å². The molecule has 0 fully saturated rings. The third-order valence-corrected chi connectivity index (χ3v) is 3.09. The Morgan fingerprint density at radius 1 is 1.33 bits per heavy atom. The molecule has 0 aliphatic rings. The summed E-state index contributed by atoms with van der Waals surface area (Å²) in [5.41, 5.74) is 0.896. The first kappa shape index (κ1) is 16.9. The molecule has 0 bridgehead atoms. The van der Waals surface area contributed by atoms with Crippen LogP contribution in [-0.4, -0.2) is 57.1 Å². The molecule has 0 saturated carbocycles. The van der Waals surface area contributed by atoms with Crippen LogP contribution in [0.15, 0.2) is 18.2 Å². The normalized spacial score (nSPS) is 10.3. The number of amides is 1. The highest BCUT2D eigenvalue weighted by molar-refractivity contribution is 6.00. The van der Waals surface area contributed by atoms with Gasteiger partial charge in [-0.2, -0.15) is 0 Å². The van der Waals surface area contributed by atoms with Gasteiger partial charge in [-0.1, -0.05) is 0 Å². The van der Waals surface area contributed by atoms with E-state index in [4.69, 9.17) is 4.74 Å². The number of carbonyl (C=O) groups excluding carboxylic acids is 1. The smallest absolute Gasteiger partial charge is 0.270 e. The molecule has 116 valence electrons. The molecule has 0 unspecified atom stereocenters. The van der Waals surface area contributed by atoms with Gasteiger partial charge < -0.3 is 14.5 Å². The van der Waals surface area contributed by atoms with Gasteiger partial charge in [0.1, 0.15) is 0 Å². The largest absolute Gasteiger partial charge is 0.385 e. The van der Waals surface area contributed by atoms with Gasteiger partial charge in [-0.25, -0.2) is 0 Å². The summed E-state index contributed by atoms with van der Waals surface area (Å²) in [7, 11) is 6.87. The Balaban J connectivity index is 3.04. The van der Waals surface area contributed by atoms with Crippen LogP contribution in [0.4, 0.5) is 11.4 Å². The number of hydrogen-bond acceptors (Lipinski definition) is 5. The number of nitrogens with zero attached hydrogens (tertiary/aromatic N) is 3. The first-order valence-electron chi connectivity index (χ1n) is 6.58. The maximum Gasteiger partial charge on any atom is 0.270 e. The Bertz CT molecular complexity index is 517. The van der Waals surface area contributed by atoms with Crippen LogP contribution in [0.25, 0.3) is 0 Å². The predicted octanol–water partition coefficient (Wildman–Crippen LogP) is 1.77. The molecule has 0 radical (unpaired) electrons. The van der Waals surface area contributed by atoms with E-state index in [1.54, 1.807) is 44.1 Å². The zero-order chi connectivity index (χ0) is 16.0. The van der Waals surface area contributed by atoms with E-state index in [0.717, 1.165) is 0 Å². The standard InChI is InChI=1S/C14H21N3O4/c1-15(2)13-7-6-11(17(19)20)10-12(13)14(18)16(3)8-5-9-21-4/h6-7,10H,5,8-9H2,1-4H3. The molecular formula is C14H21N3O4. The van der Waals surface area contributed by atoms with Crippen LogP contribution in [-0.2, 0) is 4.74 Å². The second-order valence-corrected chi connectivity index (χ2v) is 4.93. The van der Waals surface area contributed by atoms with Crippen LogP contribution in [0.5, 0.6) is 0 Å². The van der Waals surface area contributed by atoms with Crippen LogP contribution < -0.4 is 4.90 Å². The van der Waals surface area contributed by atoms with Gasteiger partial charge in [-0.15, -0.1) is 0 Å². The highest BCUT2D eigenvalue weighted by Crippen LogP contribution is 2.25. The lowest BCUT2D eigenvalue weighted by atomic mass is 10.1. The molecule has 7 nitrogen and oxygen atoms in total. The number of methoxy groups -OCH3 is 1. The SMILES string of the molecule is COCCCN(C)C(=O)c1cc([N+](=O)[O-])ccc1N(C)C. The summed E-state index contributed by atoms with van der Waals surface area (Å²) in [4.78, 5) is 26.2. The molecule has 21 heavy (non-hydrogen) atoms. The van der Waals surface area contributed by atoms with E-state index >= 15 is 0 Å². The van der Waals surface area contributed by atoms with E-state index in [2.05, 4.69) is 0 Å². The molecule has 0 aromatic heterocycles. The van der Waals surface area contributed by atoms with E-state index in [0.29, 0.717) is 30.8 Å². The van der Waals surface area contributed by atoms with Crippen molar-refractivity contribution in [2.24, 2.45) is 0 Å². The minimum atomic E-state index is -0.499. The maximum absolute atomic E-state index is 12.5. The van der Waals surface area contributed by atoms with Gasteiger partial charge in [0.15, 0.2) is 0 Å². The summed E-state index contributed by atoms with van der Waals surface area (Å²) in [6.07, 6.45) is 0.713. The maximum atomic E-state index is 12.5. The van der Waals surface area contributed by atoms with Crippen molar-refractivity contribution in [1.82, 2.24) is 4.90 Å². The second kappa shape index (κ2) is 7.58. The minimum absolute atomic E-state index is 0.0887. The number of ether oxygens (including phenoxy) is 1. The fourth-order valence-corrected chi connectivity index (χ4v) is 1.95. The molecule has 0 saturated heterocycles. The number of anilines is 1. The fraction of sp³-hybridized carbons (Fsp3) is 0.500. The van der Waals surface area contributed by atoms with Gasteiger partial charge in [0.2, 0.25) is 0 Å². The van der Waals surface area contributed by atoms with Crippen LogP contribution in [0, 0.1) is 10.1 Å². The van der Waals surface area contributed by atoms with Crippen molar-refractivity contribution in [1.29, 1.82) is 0 Å². The lowest BCUT2D eigenvalue weighted by molar-refractivity contribution is -0.384. The molecule has 0 spiro atoms. The van der Waals surface area contributed by atoms with E-state index in [1.807, 2.05) is 0 Å². The first-order valence-corrected chi connectivity index (χ1v) is 6.58. The average molecular weight is 295 g/mol. The number of benzene rings is 1. The summed E-state index contributed by atoms with van der Waals surface area (Å²) in [6, 6.07) is 4.32. The molecule has 0 N–H and O–H groups in total. The molecule has 0 aliphatic heterocycles. The molecule has 0 atom stereocenters. The summed E-state index contributed by atoms with van der Waals surface area (Å²) in [5, 5.41) is 10.9. The zero-order valence-corrected chi connectivity index (χ0v) is 12.8. The number of nitro groups is 1. The van der Waals surface area contributed by atoms with Gasteiger partial charge in [-0.3, -0.25) is 14.9 Å². The molecule has 0 heterocycles. The molecular weight excluding hydrogens is 274 g/mol. The van der Waals surface area contributed by atoms with E-state index in [9.17, 15) is 14.9 Å². The van der Waals surface area contributed by atoms with Crippen molar-refractivity contribution in [3.8, 4) is 0 Å². The quantitative estimate of drug-likeness (QED) is 0.435. The van der Waals surface area contributed by atoms with E-state index in [1.165, 1.54) is 12.1 Å². The summed E-state index contributed by atoms with van der Waals surface area (Å²) >= 11 is 0. The molecule has 1 aromatic rings. The van der Waals surface area contributed by atoms with Crippen molar-refractivity contribution in [2.75, 3.05) is 46.3 Å². The van der Waals surface area contributed by atoms with Crippen molar-refractivity contribution in [3.63, 3.8) is 0 Å². The third-order valence-electron chi connectivity index (χ3n) is 3.09. The summed E-state index contributed by atoms with van der Waals surface area (Å²) in [6.45, 7) is 1.09. The van der Waals surface area contributed by atoms with Crippen LogP contribution in [0.1, 0.15) is 16.8 Å². The highest BCUT2D eigenvalue weighted by atomic mass is 16.6.